The Labute approximate surface area is 142 Å². The minimum Gasteiger partial charge on any atom is -0.454 e. The van der Waals surface area contributed by atoms with E-state index < -0.39 is 0 Å². The summed E-state index contributed by atoms with van der Waals surface area (Å²) in [5.41, 5.74) is 2.67. The van der Waals surface area contributed by atoms with E-state index in [2.05, 4.69) is 10.6 Å². The molecule has 1 aliphatic rings. The lowest BCUT2D eigenvalue weighted by molar-refractivity contribution is -0.120. The number of rotatable bonds is 6. The number of fused-ring (bicyclic) bond motifs is 1. The highest BCUT2D eigenvalue weighted by molar-refractivity contribution is 5.92. The summed E-state index contributed by atoms with van der Waals surface area (Å²) in [5.74, 6) is 1.65. The number of nitrogens with one attached hydrogen (secondary N) is 2. The van der Waals surface area contributed by atoms with E-state index in [-0.39, 0.29) is 18.6 Å². The van der Waals surface area contributed by atoms with Crippen LogP contribution in [0.3, 0.4) is 0 Å². The van der Waals surface area contributed by atoms with Crippen LogP contribution < -0.4 is 20.1 Å². The molecule has 0 aliphatic carbocycles. The molecule has 1 amide bonds. The van der Waals surface area contributed by atoms with Crippen LogP contribution in [0, 0.1) is 5.92 Å². The summed E-state index contributed by atoms with van der Waals surface area (Å²) in [4.78, 5) is 12.1. The van der Waals surface area contributed by atoms with Crippen molar-refractivity contribution in [1.82, 2.24) is 0 Å². The fourth-order valence-electron chi connectivity index (χ4n) is 2.68. The van der Waals surface area contributed by atoms with E-state index in [0.717, 1.165) is 41.4 Å². The number of anilines is 3. The molecule has 2 aromatic rings. The van der Waals surface area contributed by atoms with Gasteiger partial charge in [-0.25, -0.2) is 0 Å². The molecule has 2 N–H and O–H groups in total. The first kappa shape index (κ1) is 16.2. The van der Waals surface area contributed by atoms with Crippen LogP contribution in [0.5, 0.6) is 11.5 Å². The third kappa shape index (κ3) is 3.62. The van der Waals surface area contributed by atoms with Crippen molar-refractivity contribution in [3.05, 3.63) is 42.5 Å². The highest BCUT2D eigenvalue weighted by atomic mass is 16.7. The van der Waals surface area contributed by atoms with Crippen LogP contribution in [0.4, 0.5) is 17.1 Å². The van der Waals surface area contributed by atoms with Crippen molar-refractivity contribution >= 4 is 23.0 Å². The molecule has 0 saturated heterocycles. The number of hydrogen-bond acceptors (Lipinski definition) is 4. The Morgan fingerprint density at radius 3 is 2.29 bits per heavy atom. The van der Waals surface area contributed by atoms with Crippen LogP contribution in [0.1, 0.15) is 26.7 Å². The molecule has 0 fully saturated rings. The standard InChI is InChI=1S/C19H22N2O3/c1-3-13(4-2)19(22)21-15-7-5-14(6-8-15)20-16-9-10-17-18(11-16)24-12-23-17/h5-11,13,20H,3-4,12H2,1-2H3,(H,21,22). The van der Waals surface area contributed by atoms with Gasteiger partial charge in [0.25, 0.3) is 0 Å². The summed E-state index contributed by atoms with van der Waals surface area (Å²) in [6, 6.07) is 13.4. The molecule has 24 heavy (non-hydrogen) atoms. The lowest BCUT2D eigenvalue weighted by Gasteiger charge is -2.13. The normalized spacial score (nSPS) is 12.3. The Hall–Kier alpha value is -2.69. The molecule has 0 atom stereocenters. The van der Waals surface area contributed by atoms with E-state index in [9.17, 15) is 4.79 Å². The Morgan fingerprint density at radius 2 is 1.58 bits per heavy atom. The fraction of sp³-hybridized carbons (Fsp3) is 0.316. The summed E-state index contributed by atoms with van der Waals surface area (Å²) in [5, 5.41) is 6.28. The predicted molar refractivity (Wildman–Crippen MR) is 95.0 cm³/mol. The van der Waals surface area contributed by atoms with E-state index in [0.29, 0.717) is 0 Å². The predicted octanol–water partition coefficient (Wildman–Crippen LogP) is 4.53. The lowest BCUT2D eigenvalue weighted by Crippen LogP contribution is -2.21. The van der Waals surface area contributed by atoms with Crippen LogP contribution in [-0.4, -0.2) is 12.7 Å². The van der Waals surface area contributed by atoms with Gasteiger partial charge in [0.15, 0.2) is 11.5 Å². The topological polar surface area (TPSA) is 59.6 Å². The number of amides is 1. The summed E-state index contributed by atoms with van der Waals surface area (Å²) >= 11 is 0. The van der Waals surface area contributed by atoms with Gasteiger partial charge in [0.05, 0.1) is 0 Å². The summed E-state index contributed by atoms with van der Waals surface area (Å²) in [6.45, 7) is 4.34. The second-order valence-electron chi connectivity index (χ2n) is 5.77. The maximum absolute atomic E-state index is 12.1. The molecule has 5 nitrogen and oxygen atoms in total. The lowest BCUT2D eigenvalue weighted by atomic mass is 10.0. The molecule has 0 unspecified atom stereocenters. The molecule has 0 bridgehead atoms. The van der Waals surface area contributed by atoms with Crippen molar-refractivity contribution in [2.45, 2.75) is 26.7 Å². The van der Waals surface area contributed by atoms with E-state index >= 15 is 0 Å². The van der Waals surface area contributed by atoms with E-state index in [1.54, 1.807) is 0 Å². The Kier molecular flexibility index (Phi) is 4.89. The van der Waals surface area contributed by atoms with Crippen LogP contribution in [0.2, 0.25) is 0 Å². The van der Waals surface area contributed by atoms with Gasteiger partial charge in [-0.05, 0) is 49.2 Å². The molecule has 5 heteroatoms. The monoisotopic (exact) mass is 326 g/mol. The Balaban J connectivity index is 1.63. The molecule has 1 aliphatic heterocycles. The van der Waals surface area contributed by atoms with Gasteiger partial charge >= 0.3 is 0 Å². The second kappa shape index (κ2) is 7.25. The second-order valence-corrected chi connectivity index (χ2v) is 5.77. The zero-order valence-electron chi connectivity index (χ0n) is 14.0. The van der Waals surface area contributed by atoms with Crippen LogP contribution in [0.25, 0.3) is 0 Å². The molecule has 126 valence electrons. The number of carbonyl (C=O) groups excluding carboxylic acids is 1. The molecular formula is C19H22N2O3. The minimum atomic E-state index is 0.0661. The van der Waals surface area contributed by atoms with Gasteiger partial charge in [-0.15, -0.1) is 0 Å². The van der Waals surface area contributed by atoms with Gasteiger partial charge in [0, 0.05) is 29.0 Å². The fourth-order valence-corrected chi connectivity index (χ4v) is 2.68. The maximum atomic E-state index is 12.1. The van der Waals surface area contributed by atoms with E-state index in [1.165, 1.54) is 0 Å². The van der Waals surface area contributed by atoms with Crippen molar-refractivity contribution in [1.29, 1.82) is 0 Å². The van der Waals surface area contributed by atoms with Gasteiger partial charge in [0.2, 0.25) is 12.7 Å². The van der Waals surface area contributed by atoms with Crippen molar-refractivity contribution in [3.63, 3.8) is 0 Å². The largest absolute Gasteiger partial charge is 0.454 e. The van der Waals surface area contributed by atoms with Crippen LogP contribution >= 0.6 is 0 Å². The molecule has 0 radical (unpaired) electrons. The summed E-state index contributed by atoms with van der Waals surface area (Å²) in [6.07, 6.45) is 1.71. The molecule has 0 saturated carbocycles. The number of carbonyl (C=O) groups is 1. The number of hydrogen-bond donors (Lipinski definition) is 2. The van der Waals surface area contributed by atoms with E-state index in [4.69, 9.17) is 9.47 Å². The van der Waals surface area contributed by atoms with Crippen LogP contribution in [-0.2, 0) is 4.79 Å². The third-order valence-corrected chi connectivity index (χ3v) is 4.17. The number of benzene rings is 2. The van der Waals surface area contributed by atoms with Crippen molar-refractivity contribution < 1.29 is 14.3 Å². The Morgan fingerprint density at radius 1 is 0.958 bits per heavy atom. The van der Waals surface area contributed by atoms with Gasteiger partial charge in [-0.1, -0.05) is 13.8 Å². The van der Waals surface area contributed by atoms with Crippen LogP contribution in [0.15, 0.2) is 42.5 Å². The maximum Gasteiger partial charge on any atom is 0.231 e. The Bertz CT molecular complexity index is 709. The zero-order chi connectivity index (χ0) is 16.9. The van der Waals surface area contributed by atoms with Crippen molar-refractivity contribution in [2.75, 3.05) is 17.4 Å². The quantitative estimate of drug-likeness (QED) is 0.818. The zero-order valence-corrected chi connectivity index (χ0v) is 14.0. The first-order valence-electron chi connectivity index (χ1n) is 8.27. The highest BCUT2D eigenvalue weighted by Crippen LogP contribution is 2.35. The first-order valence-corrected chi connectivity index (χ1v) is 8.27. The van der Waals surface area contributed by atoms with Gasteiger partial charge in [-0.2, -0.15) is 0 Å². The van der Waals surface area contributed by atoms with Crippen molar-refractivity contribution in [3.8, 4) is 11.5 Å². The molecule has 0 spiro atoms. The summed E-state index contributed by atoms with van der Waals surface area (Å²) in [7, 11) is 0. The van der Waals surface area contributed by atoms with Gasteiger partial charge in [-0.3, -0.25) is 4.79 Å². The molecule has 2 aromatic carbocycles. The SMILES string of the molecule is CCC(CC)C(=O)Nc1ccc(Nc2ccc3c(c2)OCO3)cc1. The first-order chi connectivity index (χ1) is 11.7. The molecule has 3 rings (SSSR count). The number of ether oxygens (including phenoxy) is 2. The highest BCUT2D eigenvalue weighted by Gasteiger charge is 2.14. The molecule has 0 aromatic heterocycles. The molecule has 1 heterocycles. The summed E-state index contributed by atoms with van der Waals surface area (Å²) < 4.78 is 10.7. The average Bonchev–Trinajstić information content (AvgIpc) is 3.05. The van der Waals surface area contributed by atoms with Gasteiger partial charge < -0.3 is 20.1 Å². The van der Waals surface area contributed by atoms with E-state index in [1.807, 2.05) is 56.3 Å². The smallest absolute Gasteiger partial charge is 0.231 e. The van der Waals surface area contributed by atoms with Crippen molar-refractivity contribution in [2.24, 2.45) is 5.92 Å². The molecular weight excluding hydrogens is 304 g/mol. The third-order valence-electron chi connectivity index (χ3n) is 4.17. The average molecular weight is 326 g/mol. The van der Waals surface area contributed by atoms with Gasteiger partial charge in [0.1, 0.15) is 0 Å². The minimum absolute atomic E-state index is 0.0661.